The highest BCUT2D eigenvalue weighted by atomic mass is 16.2. The molecule has 0 aromatic carbocycles. The molecule has 0 unspecified atom stereocenters. The number of aromatic amines is 1. The Bertz CT molecular complexity index is 307. The van der Waals surface area contributed by atoms with Crippen molar-refractivity contribution in [3.05, 3.63) is 18.0 Å². The Hall–Kier alpha value is -1.85. The van der Waals surface area contributed by atoms with E-state index in [0.717, 1.165) is 5.69 Å². The van der Waals surface area contributed by atoms with Gasteiger partial charge in [-0.05, 0) is 6.07 Å². The highest BCUT2D eigenvalue weighted by Crippen LogP contribution is 1.88. The molecule has 0 radical (unpaired) electrons. The molecule has 0 atom stereocenters. The van der Waals surface area contributed by atoms with Crippen LogP contribution in [0.4, 0.5) is 0 Å². The Morgan fingerprint density at radius 3 is 2.86 bits per heavy atom. The Morgan fingerprint density at radius 1 is 1.50 bits per heavy atom. The van der Waals surface area contributed by atoms with Crippen molar-refractivity contribution in [3.63, 3.8) is 0 Å². The predicted molar refractivity (Wildman–Crippen MR) is 49.1 cm³/mol. The van der Waals surface area contributed by atoms with E-state index < -0.39 is 0 Å². The van der Waals surface area contributed by atoms with Crippen molar-refractivity contribution in [2.45, 2.75) is 13.5 Å². The molecule has 6 nitrogen and oxygen atoms in total. The van der Waals surface area contributed by atoms with E-state index in [0.29, 0.717) is 6.54 Å². The minimum absolute atomic E-state index is 0.00344. The van der Waals surface area contributed by atoms with Gasteiger partial charge in [0.1, 0.15) is 0 Å². The minimum Gasteiger partial charge on any atom is -0.349 e. The fourth-order valence-corrected chi connectivity index (χ4v) is 0.844. The van der Waals surface area contributed by atoms with Crippen molar-refractivity contribution in [1.29, 1.82) is 0 Å². The highest BCUT2D eigenvalue weighted by molar-refractivity contribution is 5.83. The maximum absolute atomic E-state index is 11.1. The predicted octanol–water partition coefficient (Wildman–Crippen LogP) is -0.838. The van der Waals surface area contributed by atoms with Crippen LogP contribution in [-0.4, -0.2) is 28.6 Å². The highest BCUT2D eigenvalue weighted by Gasteiger charge is 2.01. The zero-order chi connectivity index (χ0) is 10.4. The van der Waals surface area contributed by atoms with E-state index >= 15 is 0 Å². The maximum Gasteiger partial charge on any atom is 0.239 e. The number of H-pyrrole nitrogens is 1. The molecule has 1 heterocycles. The summed E-state index contributed by atoms with van der Waals surface area (Å²) in [7, 11) is 0. The van der Waals surface area contributed by atoms with Crippen molar-refractivity contribution in [2.24, 2.45) is 0 Å². The smallest absolute Gasteiger partial charge is 0.239 e. The Balaban J connectivity index is 2.18. The monoisotopic (exact) mass is 196 g/mol. The van der Waals surface area contributed by atoms with Crippen LogP contribution in [0.2, 0.25) is 0 Å². The van der Waals surface area contributed by atoms with E-state index in [2.05, 4.69) is 20.8 Å². The number of nitrogens with zero attached hydrogens (tertiary/aromatic N) is 1. The maximum atomic E-state index is 11.1. The molecule has 0 aliphatic heterocycles. The first kappa shape index (κ1) is 10.2. The van der Waals surface area contributed by atoms with Gasteiger partial charge in [-0.25, -0.2) is 0 Å². The fraction of sp³-hybridized carbons (Fsp3) is 0.375. The lowest BCUT2D eigenvalue weighted by atomic mass is 10.4. The Morgan fingerprint density at radius 2 is 2.29 bits per heavy atom. The zero-order valence-corrected chi connectivity index (χ0v) is 7.83. The first-order valence-corrected chi connectivity index (χ1v) is 4.18. The standard InChI is InChI=1S/C8H12N4O2/c1-6(13)9-5-8(14)10-4-7-2-3-11-12-7/h2-3H,4-5H2,1H3,(H,9,13)(H,10,14)(H,11,12). The number of hydrogen-bond acceptors (Lipinski definition) is 3. The van der Waals surface area contributed by atoms with Gasteiger partial charge in [0, 0.05) is 13.1 Å². The van der Waals surface area contributed by atoms with Crippen LogP contribution in [0.1, 0.15) is 12.6 Å². The van der Waals surface area contributed by atoms with Gasteiger partial charge in [-0.1, -0.05) is 0 Å². The molecule has 0 bridgehead atoms. The molecule has 0 aliphatic carbocycles. The van der Waals surface area contributed by atoms with Gasteiger partial charge in [-0.15, -0.1) is 0 Å². The summed E-state index contributed by atoms with van der Waals surface area (Å²) in [5, 5.41) is 11.4. The van der Waals surface area contributed by atoms with Gasteiger partial charge >= 0.3 is 0 Å². The van der Waals surface area contributed by atoms with E-state index in [1.807, 2.05) is 0 Å². The normalized spacial score (nSPS) is 9.50. The summed E-state index contributed by atoms with van der Waals surface area (Å²) in [5.41, 5.74) is 0.821. The molecule has 3 N–H and O–H groups in total. The second kappa shape index (κ2) is 5.00. The quantitative estimate of drug-likeness (QED) is 0.587. The van der Waals surface area contributed by atoms with Gasteiger partial charge in [0.15, 0.2) is 0 Å². The van der Waals surface area contributed by atoms with E-state index in [4.69, 9.17) is 0 Å². The van der Waals surface area contributed by atoms with Gasteiger partial charge in [0.05, 0.1) is 18.8 Å². The van der Waals surface area contributed by atoms with Crippen molar-refractivity contribution in [2.75, 3.05) is 6.54 Å². The molecule has 1 aromatic rings. The minimum atomic E-state index is -0.227. The lowest BCUT2D eigenvalue weighted by molar-refractivity contribution is -0.125. The second-order valence-corrected chi connectivity index (χ2v) is 2.77. The molecule has 0 saturated heterocycles. The largest absolute Gasteiger partial charge is 0.349 e. The molecule has 0 spiro atoms. The second-order valence-electron chi connectivity index (χ2n) is 2.77. The molecule has 1 rings (SSSR count). The molecular formula is C8H12N4O2. The topological polar surface area (TPSA) is 86.9 Å². The van der Waals surface area contributed by atoms with Crippen molar-refractivity contribution < 1.29 is 9.59 Å². The average Bonchev–Trinajstić information content (AvgIpc) is 2.63. The van der Waals surface area contributed by atoms with Crippen LogP contribution in [0.5, 0.6) is 0 Å². The number of aromatic nitrogens is 2. The molecule has 0 saturated carbocycles. The number of carbonyl (C=O) groups is 2. The van der Waals surface area contributed by atoms with Crippen LogP contribution in [-0.2, 0) is 16.1 Å². The summed E-state index contributed by atoms with van der Waals surface area (Å²) in [6, 6.07) is 1.76. The third-order valence-electron chi connectivity index (χ3n) is 1.53. The van der Waals surface area contributed by atoms with E-state index in [-0.39, 0.29) is 18.4 Å². The van der Waals surface area contributed by atoms with Gasteiger partial charge < -0.3 is 10.6 Å². The summed E-state index contributed by atoms with van der Waals surface area (Å²) >= 11 is 0. The number of carbonyl (C=O) groups excluding carboxylic acids is 2. The SMILES string of the molecule is CC(=O)NCC(=O)NCc1ccn[nH]1. The van der Waals surface area contributed by atoms with Gasteiger partial charge in [0.2, 0.25) is 11.8 Å². The van der Waals surface area contributed by atoms with Crippen molar-refractivity contribution >= 4 is 11.8 Å². The van der Waals surface area contributed by atoms with Gasteiger partial charge in [-0.2, -0.15) is 5.10 Å². The summed E-state index contributed by atoms with van der Waals surface area (Å²) in [6.45, 7) is 1.75. The first-order chi connectivity index (χ1) is 6.68. The lowest BCUT2D eigenvalue weighted by Gasteiger charge is -2.03. The van der Waals surface area contributed by atoms with Crippen LogP contribution >= 0.6 is 0 Å². The molecule has 6 heteroatoms. The van der Waals surface area contributed by atoms with E-state index in [1.165, 1.54) is 6.92 Å². The van der Waals surface area contributed by atoms with Crippen LogP contribution in [0.15, 0.2) is 12.3 Å². The Kier molecular flexibility index (Phi) is 3.66. The molecule has 2 amide bonds. The van der Waals surface area contributed by atoms with Crippen LogP contribution in [0.3, 0.4) is 0 Å². The molecule has 76 valence electrons. The Labute approximate surface area is 81.1 Å². The summed E-state index contributed by atoms with van der Waals surface area (Å²) in [6.07, 6.45) is 1.61. The van der Waals surface area contributed by atoms with Crippen LogP contribution in [0, 0.1) is 0 Å². The summed E-state index contributed by atoms with van der Waals surface area (Å²) < 4.78 is 0. The number of rotatable bonds is 4. The number of amides is 2. The summed E-state index contributed by atoms with van der Waals surface area (Å²) in [4.78, 5) is 21.6. The van der Waals surface area contributed by atoms with E-state index in [9.17, 15) is 9.59 Å². The fourth-order valence-electron chi connectivity index (χ4n) is 0.844. The van der Waals surface area contributed by atoms with Crippen LogP contribution < -0.4 is 10.6 Å². The first-order valence-electron chi connectivity index (χ1n) is 4.18. The molecular weight excluding hydrogens is 184 g/mol. The molecule has 0 aliphatic rings. The third kappa shape index (κ3) is 3.70. The average molecular weight is 196 g/mol. The molecule has 1 aromatic heterocycles. The zero-order valence-electron chi connectivity index (χ0n) is 7.83. The van der Waals surface area contributed by atoms with Crippen molar-refractivity contribution in [3.8, 4) is 0 Å². The molecule has 14 heavy (non-hydrogen) atoms. The number of nitrogens with one attached hydrogen (secondary N) is 3. The van der Waals surface area contributed by atoms with Gasteiger partial charge in [-0.3, -0.25) is 14.7 Å². The van der Waals surface area contributed by atoms with Gasteiger partial charge in [0.25, 0.3) is 0 Å². The summed E-state index contributed by atoms with van der Waals surface area (Å²) in [5.74, 6) is -0.448. The number of hydrogen-bond donors (Lipinski definition) is 3. The third-order valence-corrected chi connectivity index (χ3v) is 1.53. The molecule has 0 fully saturated rings. The van der Waals surface area contributed by atoms with E-state index in [1.54, 1.807) is 12.3 Å². The van der Waals surface area contributed by atoms with Crippen LogP contribution in [0.25, 0.3) is 0 Å². The van der Waals surface area contributed by atoms with Crippen molar-refractivity contribution in [1.82, 2.24) is 20.8 Å². The lowest BCUT2D eigenvalue weighted by Crippen LogP contribution is -2.35.